The van der Waals surface area contributed by atoms with E-state index in [1.165, 1.54) is 6.07 Å². The Labute approximate surface area is 204 Å². The van der Waals surface area contributed by atoms with Crippen molar-refractivity contribution in [3.05, 3.63) is 89.5 Å². The predicted octanol–water partition coefficient (Wildman–Crippen LogP) is 6.27. The Balaban J connectivity index is 0.000000497. The summed E-state index contributed by atoms with van der Waals surface area (Å²) in [7, 11) is -4.02. The number of rotatable bonds is 4. The van der Waals surface area contributed by atoms with Crippen molar-refractivity contribution in [3.8, 4) is 0 Å². The fourth-order valence-corrected chi connectivity index (χ4v) is 6.42. The van der Waals surface area contributed by atoms with Crippen LogP contribution in [0.2, 0.25) is 0 Å². The molecule has 0 amide bonds. The van der Waals surface area contributed by atoms with E-state index >= 15 is 0 Å². The van der Waals surface area contributed by atoms with E-state index < -0.39 is 32.4 Å². The second kappa shape index (κ2) is 10.9. The van der Waals surface area contributed by atoms with Gasteiger partial charge in [-0.2, -0.15) is 13.2 Å². The molecule has 0 spiro atoms. The van der Waals surface area contributed by atoms with Gasteiger partial charge in [-0.1, -0.05) is 25.1 Å². The maximum Gasteiger partial charge on any atom is 0.416 e. The Hall–Kier alpha value is -2.78. The molecule has 0 N–H and O–H groups in total. The monoisotopic (exact) mass is 506 g/mol. The van der Waals surface area contributed by atoms with E-state index in [1.807, 2.05) is 44.2 Å². The highest BCUT2D eigenvalue weighted by atomic mass is 32.2. The molecule has 1 aliphatic heterocycles. The van der Waals surface area contributed by atoms with Gasteiger partial charge in [-0.15, -0.1) is 0 Å². The van der Waals surface area contributed by atoms with Crippen LogP contribution in [0.1, 0.15) is 54.8 Å². The molecule has 1 aliphatic rings. The summed E-state index contributed by atoms with van der Waals surface area (Å²) >= 11 is 0. The molecule has 1 fully saturated rings. The molecule has 0 aliphatic carbocycles. The van der Waals surface area contributed by atoms with E-state index in [-0.39, 0.29) is 30.8 Å². The molecular weight excluding hydrogens is 477 g/mol. The molecule has 2 unspecified atom stereocenters. The largest absolute Gasteiger partial charge is 0.416 e. The van der Waals surface area contributed by atoms with Gasteiger partial charge >= 0.3 is 6.18 Å². The Morgan fingerprint density at radius 1 is 1.06 bits per heavy atom. The van der Waals surface area contributed by atoms with Crippen LogP contribution < -0.4 is 0 Å². The lowest BCUT2D eigenvalue weighted by atomic mass is 9.88. The number of sulfone groups is 1. The Bertz CT molecular complexity index is 1210. The van der Waals surface area contributed by atoms with Crippen molar-refractivity contribution in [2.45, 2.75) is 62.0 Å². The van der Waals surface area contributed by atoms with Crippen LogP contribution in [-0.2, 0) is 20.8 Å². The number of hydrogen-bond donors (Lipinski definition) is 0. The normalized spacial score (nSPS) is 20.6. The number of ether oxygens (including phenoxy) is 1. The van der Waals surface area contributed by atoms with Gasteiger partial charge in [0, 0.05) is 36.0 Å². The van der Waals surface area contributed by atoms with Crippen molar-refractivity contribution in [2.24, 2.45) is 0 Å². The summed E-state index contributed by atoms with van der Waals surface area (Å²) in [6.45, 7) is 5.68. The first-order valence-electron chi connectivity index (χ1n) is 11.3. The van der Waals surface area contributed by atoms with Gasteiger partial charge in [-0.25, -0.2) is 8.42 Å². The zero-order valence-corrected chi connectivity index (χ0v) is 20.7. The van der Waals surface area contributed by atoms with Crippen LogP contribution in [0.25, 0.3) is 0 Å². The van der Waals surface area contributed by atoms with Crippen molar-refractivity contribution >= 4 is 9.84 Å². The molecule has 2 atom stereocenters. The summed E-state index contributed by atoms with van der Waals surface area (Å²) < 4.78 is 71.0. The molecule has 2 aromatic heterocycles. The highest BCUT2D eigenvalue weighted by Crippen LogP contribution is 2.45. The van der Waals surface area contributed by atoms with Crippen LogP contribution in [-0.4, -0.2) is 29.7 Å². The van der Waals surface area contributed by atoms with Gasteiger partial charge in [0.1, 0.15) is 0 Å². The first kappa shape index (κ1) is 26.8. The minimum absolute atomic E-state index is 0.174. The van der Waals surface area contributed by atoms with E-state index in [2.05, 4.69) is 9.97 Å². The van der Waals surface area contributed by atoms with Crippen molar-refractivity contribution in [1.29, 1.82) is 0 Å². The number of pyridine rings is 2. The molecule has 0 radical (unpaired) electrons. The Morgan fingerprint density at radius 3 is 2.31 bits per heavy atom. The number of aromatic nitrogens is 2. The topological polar surface area (TPSA) is 69.2 Å². The van der Waals surface area contributed by atoms with E-state index in [0.29, 0.717) is 0 Å². The molecule has 188 valence electrons. The van der Waals surface area contributed by atoms with Gasteiger partial charge in [0.25, 0.3) is 0 Å². The molecule has 9 heteroatoms. The molecule has 5 nitrogen and oxygen atoms in total. The second-order valence-corrected chi connectivity index (χ2v) is 10.9. The summed E-state index contributed by atoms with van der Waals surface area (Å²) in [4.78, 5) is 7.91. The average molecular weight is 507 g/mol. The summed E-state index contributed by atoms with van der Waals surface area (Å²) in [5, 5.41) is 0. The Kier molecular flexibility index (Phi) is 8.33. The average Bonchev–Trinajstić information content (AvgIpc) is 2.85. The smallest absolute Gasteiger partial charge is 0.373 e. The summed E-state index contributed by atoms with van der Waals surface area (Å²) in [6, 6.07) is 13.4. The van der Waals surface area contributed by atoms with Gasteiger partial charge in [0.15, 0.2) is 9.84 Å². The molecule has 0 saturated carbocycles. The molecule has 1 saturated heterocycles. The molecular formula is C26H29F3N2O3S. The van der Waals surface area contributed by atoms with Crippen LogP contribution in [0.15, 0.2) is 71.9 Å². The zero-order chi connectivity index (χ0) is 25.7. The molecule has 3 aromatic rings. The van der Waals surface area contributed by atoms with E-state index in [0.717, 1.165) is 35.2 Å². The SMILES string of the molecule is CCC1(S(=O)(=O)c2cccc(C(F)(F)F)c2)CCOC(c2ccc(C)nc2C)C1.c1ccncc1. The summed E-state index contributed by atoms with van der Waals surface area (Å²) in [6.07, 6.45) is -0.889. The van der Waals surface area contributed by atoms with Crippen molar-refractivity contribution < 1.29 is 26.3 Å². The summed E-state index contributed by atoms with van der Waals surface area (Å²) in [5.41, 5.74) is 1.46. The minimum atomic E-state index is -4.60. The lowest BCUT2D eigenvalue weighted by Gasteiger charge is -2.40. The highest BCUT2D eigenvalue weighted by Gasteiger charge is 2.48. The van der Waals surface area contributed by atoms with Gasteiger partial charge < -0.3 is 4.74 Å². The maximum atomic E-state index is 13.5. The van der Waals surface area contributed by atoms with Crippen molar-refractivity contribution in [3.63, 3.8) is 0 Å². The lowest BCUT2D eigenvalue weighted by Crippen LogP contribution is -2.44. The third-order valence-electron chi connectivity index (χ3n) is 6.30. The Morgan fingerprint density at radius 2 is 1.77 bits per heavy atom. The summed E-state index contributed by atoms with van der Waals surface area (Å²) in [5.74, 6) is 0. The number of hydrogen-bond acceptors (Lipinski definition) is 5. The highest BCUT2D eigenvalue weighted by molar-refractivity contribution is 7.92. The fraction of sp³-hybridized carbons (Fsp3) is 0.385. The van der Waals surface area contributed by atoms with Crippen LogP contribution in [0.4, 0.5) is 13.2 Å². The van der Waals surface area contributed by atoms with Crippen LogP contribution in [0.5, 0.6) is 0 Å². The van der Waals surface area contributed by atoms with Gasteiger partial charge in [-0.3, -0.25) is 9.97 Å². The van der Waals surface area contributed by atoms with Crippen LogP contribution >= 0.6 is 0 Å². The molecule has 0 bridgehead atoms. The van der Waals surface area contributed by atoms with Crippen LogP contribution in [0.3, 0.4) is 0 Å². The van der Waals surface area contributed by atoms with E-state index in [1.54, 1.807) is 19.3 Å². The minimum Gasteiger partial charge on any atom is -0.373 e. The number of alkyl halides is 3. The molecule has 4 rings (SSSR count). The molecule has 3 heterocycles. The first-order chi connectivity index (χ1) is 16.5. The number of halogens is 3. The zero-order valence-electron chi connectivity index (χ0n) is 19.9. The predicted molar refractivity (Wildman–Crippen MR) is 128 cm³/mol. The number of nitrogens with zero attached hydrogens (tertiary/aromatic N) is 2. The second-order valence-electron chi connectivity index (χ2n) is 8.53. The quantitative estimate of drug-likeness (QED) is 0.417. The molecule has 1 aromatic carbocycles. The lowest BCUT2D eigenvalue weighted by molar-refractivity contribution is -0.137. The van der Waals surface area contributed by atoms with Crippen LogP contribution in [0, 0.1) is 13.8 Å². The van der Waals surface area contributed by atoms with Gasteiger partial charge in [0.2, 0.25) is 0 Å². The number of aryl methyl sites for hydroxylation is 2. The standard InChI is InChI=1S/C21H24F3NO3S.C5H5N/c1-4-20(29(26,27)17-7-5-6-16(12-17)21(22,23)24)10-11-28-19(13-20)18-9-8-14(2)25-15(18)3;1-2-4-6-5-3-1/h5-9,12,19H,4,10-11,13H2,1-3H3;1-5H. The maximum absolute atomic E-state index is 13.5. The fourth-order valence-electron chi connectivity index (χ4n) is 4.28. The van der Waals surface area contributed by atoms with Crippen molar-refractivity contribution in [2.75, 3.05) is 6.61 Å². The third kappa shape index (κ3) is 6.08. The number of benzene rings is 1. The van der Waals surface area contributed by atoms with Gasteiger partial charge in [0.05, 0.1) is 21.3 Å². The van der Waals surface area contributed by atoms with E-state index in [4.69, 9.17) is 4.74 Å². The molecule has 35 heavy (non-hydrogen) atoms. The van der Waals surface area contributed by atoms with E-state index in [9.17, 15) is 21.6 Å². The van der Waals surface area contributed by atoms with Gasteiger partial charge in [-0.05, 0) is 69.5 Å². The third-order valence-corrected chi connectivity index (χ3v) is 8.97. The van der Waals surface area contributed by atoms with Crippen molar-refractivity contribution in [1.82, 2.24) is 9.97 Å². The first-order valence-corrected chi connectivity index (χ1v) is 12.8.